The number of furan rings is 1. The Bertz CT molecular complexity index is 499. The summed E-state index contributed by atoms with van der Waals surface area (Å²) in [5, 5.41) is 0.528. The highest BCUT2D eigenvalue weighted by Gasteiger charge is 2.15. The minimum Gasteiger partial charge on any atom is -0.467 e. The van der Waals surface area contributed by atoms with Gasteiger partial charge in [-0.05, 0) is 25.5 Å². The van der Waals surface area contributed by atoms with Gasteiger partial charge < -0.3 is 9.32 Å². The maximum absolute atomic E-state index is 6.11. The molecule has 0 amide bonds. The molecule has 0 aromatic carbocycles. The maximum Gasteiger partial charge on any atom is 0.137 e. The van der Waals surface area contributed by atoms with Crippen LogP contribution in [-0.4, -0.2) is 16.5 Å². The van der Waals surface area contributed by atoms with Crippen molar-refractivity contribution in [3.63, 3.8) is 0 Å². The third kappa shape index (κ3) is 2.64. The SMILES string of the molecule is CCc1c(Cl)ncnc1N(CC)Cc1ccco1. The zero-order chi connectivity index (χ0) is 13.0. The summed E-state index contributed by atoms with van der Waals surface area (Å²) < 4.78 is 5.37. The van der Waals surface area contributed by atoms with Crippen LogP contribution in [-0.2, 0) is 13.0 Å². The molecule has 4 nitrogen and oxygen atoms in total. The van der Waals surface area contributed by atoms with Crippen molar-refractivity contribution in [3.05, 3.63) is 41.2 Å². The minimum atomic E-state index is 0.528. The van der Waals surface area contributed by atoms with Crippen LogP contribution in [0, 0.1) is 0 Å². The van der Waals surface area contributed by atoms with Gasteiger partial charge in [0.05, 0.1) is 12.8 Å². The van der Waals surface area contributed by atoms with Gasteiger partial charge in [0.1, 0.15) is 23.1 Å². The van der Waals surface area contributed by atoms with Gasteiger partial charge in [0.2, 0.25) is 0 Å². The van der Waals surface area contributed by atoms with E-state index in [2.05, 4.69) is 28.7 Å². The van der Waals surface area contributed by atoms with Crippen LogP contribution in [0.4, 0.5) is 5.82 Å². The Kier molecular flexibility index (Phi) is 4.20. The van der Waals surface area contributed by atoms with Gasteiger partial charge in [-0.3, -0.25) is 0 Å². The van der Waals surface area contributed by atoms with Crippen LogP contribution < -0.4 is 4.90 Å². The number of anilines is 1. The number of halogens is 1. The molecular weight excluding hydrogens is 250 g/mol. The summed E-state index contributed by atoms with van der Waals surface area (Å²) in [7, 11) is 0. The Morgan fingerprint density at radius 3 is 2.78 bits per heavy atom. The lowest BCUT2D eigenvalue weighted by Gasteiger charge is -2.23. The first kappa shape index (κ1) is 12.9. The Balaban J connectivity index is 2.30. The van der Waals surface area contributed by atoms with Crippen molar-refractivity contribution < 1.29 is 4.42 Å². The van der Waals surface area contributed by atoms with Crippen LogP contribution in [0.15, 0.2) is 29.1 Å². The van der Waals surface area contributed by atoms with E-state index in [9.17, 15) is 0 Å². The fourth-order valence-electron chi connectivity index (χ4n) is 1.89. The third-order valence-electron chi connectivity index (χ3n) is 2.83. The molecule has 0 radical (unpaired) electrons. The van der Waals surface area contributed by atoms with Crippen molar-refractivity contribution in [2.45, 2.75) is 26.8 Å². The van der Waals surface area contributed by atoms with Gasteiger partial charge in [0, 0.05) is 12.1 Å². The minimum absolute atomic E-state index is 0.528. The van der Waals surface area contributed by atoms with E-state index in [1.165, 1.54) is 6.33 Å². The summed E-state index contributed by atoms with van der Waals surface area (Å²) in [6.07, 6.45) is 3.99. The first-order valence-corrected chi connectivity index (χ1v) is 6.40. The zero-order valence-corrected chi connectivity index (χ0v) is 11.3. The Labute approximate surface area is 112 Å². The van der Waals surface area contributed by atoms with E-state index >= 15 is 0 Å². The second-order valence-corrected chi connectivity index (χ2v) is 4.27. The lowest BCUT2D eigenvalue weighted by Crippen LogP contribution is -2.24. The van der Waals surface area contributed by atoms with Gasteiger partial charge in [0.25, 0.3) is 0 Å². The van der Waals surface area contributed by atoms with Gasteiger partial charge in [-0.1, -0.05) is 18.5 Å². The molecule has 0 saturated carbocycles. The largest absolute Gasteiger partial charge is 0.467 e. The van der Waals surface area contributed by atoms with Crippen LogP contribution in [0.5, 0.6) is 0 Å². The van der Waals surface area contributed by atoms with Gasteiger partial charge in [-0.2, -0.15) is 0 Å². The quantitative estimate of drug-likeness (QED) is 0.778. The zero-order valence-electron chi connectivity index (χ0n) is 10.6. The summed E-state index contributed by atoms with van der Waals surface area (Å²) in [4.78, 5) is 10.5. The fourth-order valence-corrected chi connectivity index (χ4v) is 2.15. The van der Waals surface area contributed by atoms with E-state index in [1.54, 1.807) is 6.26 Å². The molecule has 96 valence electrons. The molecule has 2 heterocycles. The molecule has 18 heavy (non-hydrogen) atoms. The standard InChI is InChI=1S/C13H16ClN3O/c1-3-11-12(14)15-9-16-13(11)17(4-2)8-10-6-5-7-18-10/h5-7,9H,3-4,8H2,1-2H3. The van der Waals surface area contributed by atoms with Crippen molar-refractivity contribution in [3.8, 4) is 0 Å². The highest BCUT2D eigenvalue weighted by Crippen LogP contribution is 2.25. The monoisotopic (exact) mass is 265 g/mol. The molecule has 2 aromatic heterocycles. The molecule has 0 aliphatic rings. The molecule has 0 unspecified atom stereocenters. The molecule has 0 atom stereocenters. The van der Waals surface area contributed by atoms with Crippen molar-refractivity contribution in [2.24, 2.45) is 0 Å². The number of aromatic nitrogens is 2. The number of hydrogen-bond acceptors (Lipinski definition) is 4. The molecule has 2 aromatic rings. The summed E-state index contributed by atoms with van der Waals surface area (Å²) in [6, 6.07) is 3.84. The highest BCUT2D eigenvalue weighted by atomic mass is 35.5. The number of hydrogen-bond donors (Lipinski definition) is 0. The molecule has 0 saturated heterocycles. The summed E-state index contributed by atoms with van der Waals surface area (Å²) in [5.41, 5.74) is 0.979. The number of rotatable bonds is 5. The molecule has 0 bridgehead atoms. The van der Waals surface area contributed by atoms with Crippen LogP contribution in [0.2, 0.25) is 5.15 Å². The normalized spacial score (nSPS) is 10.6. The van der Waals surface area contributed by atoms with Gasteiger partial charge >= 0.3 is 0 Å². The van der Waals surface area contributed by atoms with Gasteiger partial charge in [-0.25, -0.2) is 9.97 Å². The lowest BCUT2D eigenvalue weighted by atomic mass is 10.2. The van der Waals surface area contributed by atoms with Crippen molar-refractivity contribution in [1.82, 2.24) is 9.97 Å². The smallest absolute Gasteiger partial charge is 0.137 e. The third-order valence-corrected chi connectivity index (χ3v) is 3.16. The Morgan fingerprint density at radius 2 is 2.17 bits per heavy atom. The highest BCUT2D eigenvalue weighted by molar-refractivity contribution is 6.30. The summed E-state index contributed by atoms with van der Waals surface area (Å²) in [6.45, 7) is 5.65. The van der Waals surface area contributed by atoms with Crippen LogP contribution in [0.1, 0.15) is 25.2 Å². The van der Waals surface area contributed by atoms with Crippen molar-refractivity contribution in [1.29, 1.82) is 0 Å². The average molecular weight is 266 g/mol. The van der Waals surface area contributed by atoms with Crippen molar-refractivity contribution in [2.75, 3.05) is 11.4 Å². The van der Waals surface area contributed by atoms with Gasteiger partial charge in [0.15, 0.2) is 0 Å². The first-order valence-electron chi connectivity index (χ1n) is 6.03. The summed E-state index contributed by atoms with van der Waals surface area (Å²) in [5.74, 6) is 1.80. The molecule has 0 N–H and O–H groups in total. The molecule has 0 spiro atoms. The van der Waals surface area contributed by atoms with E-state index in [1.807, 2.05) is 12.1 Å². The molecular formula is C13H16ClN3O. The predicted molar refractivity (Wildman–Crippen MR) is 71.9 cm³/mol. The molecule has 0 aliphatic heterocycles. The maximum atomic E-state index is 6.11. The lowest BCUT2D eigenvalue weighted by molar-refractivity contribution is 0.502. The average Bonchev–Trinajstić information content (AvgIpc) is 2.88. The predicted octanol–water partition coefficient (Wildman–Crippen LogP) is 3.31. The van der Waals surface area contributed by atoms with Crippen LogP contribution >= 0.6 is 11.6 Å². The molecule has 2 rings (SSSR count). The van der Waals surface area contributed by atoms with Crippen LogP contribution in [0.25, 0.3) is 0 Å². The van der Waals surface area contributed by atoms with E-state index in [0.717, 1.165) is 30.1 Å². The Morgan fingerprint density at radius 1 is 1.33 bits per heavy atom. The second-order valence-electron chi connectivity index (χ2n) is 3.91. The van der Waals surface area contributed by atoms with Crippen molar-refractivity contribution >= 4 is 17.4 Å². The summed E-state index contributed by atoms with van der Waals surface area (Å²) >= 11 is 6.11. The van der Waals surface area contributed by atoms with Crippen LogP contribution in [0.3, 0.4) is 0 Å². The topological polar surface area (TPSA) is 42.2 Å². The first-order chi connectivity index (χ1) is 8.76. The van der Waals surface area contributed by atoms with E-state index in [0.29, 0.717) is 11.7 Å². The van der Waals surface area contributed by atoms with E-state index in [-0.39, 0.29) is 0 Å². The molecule has 5 heteroatoms. The molecule has 0 aliphatic carbocycles. The van der Waals surface area contributed by atoms with E-state index in [4.69, 9.17) is 16.0 Å². The van der Waals surface area contributed by atoms with Gasteiger partial charge in [-0.15, -0.1) is 0 Å². The molecule has 0 fully saturated rings. The Hall–Kier alpha value is -1.55. The fraction of sp³-hybridized carbons (Fsp3) is 0.385. The van der Waals surface area contributed by atoms with E-state index < -0.39 is 0 Å². The number of nitrogens with zero attached hydrogens (tertiary/aromatic N) is 3. The second kappa shape index (κ2) is 5.87.